The Balaban J connectivity index is 3.56. The largest absolute Gasteiger partial charge is 0.468 e. The second-order valence-electron chi connectivity index (χ2n) is 10.7. The van der Waals surface area contributed by atoms with Crippen molar-refractivity contribution in [3.05, 3.63) is 35.4 Å². The molecule has 4 N–H and O–H groups in total. The van der Waals surface area contributed by atoms with Crippen LogP contribution in [-0.2, 0) is 28.7 Å². The smallest absolute Gasteiger partial charge is 0.408 e. The third-order valence-corrected chi connectivity index (χ3v) is 5.13. The summed E-state index contributed by atoms with van der Waals surface area (Å²) in [5.41, 5.74) is 4.90. The van der Waals surface area contributed by atoms with E-state index in [4.69, 9.17) is 10.5 Å². The van der Waals surface area contributed by atoms with Crippen molar-refractivity contribution in [3.63, 3.8) is 0 Å². The number of alkyl carbamates (subject to hydrolysis) is 1. The number of methoxy groups -OCH3 is 1. The van der Waals surface area contributed by atoms with Gasteiger partial charge in [-0.25, -0.2) is 4.79 Å². The highest BCUT2D eigenvalue weighted by Crippen LogP contribution is 2.31. The molecule has 1 rings (SSSR count). The van der Waals surface area contributed by atoms with Gasteiger partial charge >= 0.3 is 12.1 Å². The maximum Gasteiger partial charge on any atom is 0.408 e. The fourth-order valence-corrected chi connectivity index (χ4v) is 3.59. The first-order chi connectivity index (χ1) is 17.0. The van der Waals surface area contributed by atoms with Gasteiger partial charge in [-0.05, 0) is 60.5 Å². The topological polar surface area (TPSA) is 157 Å². The van der Waals surface area contributed by atoms with Crippen LogP contribution in [-0.4, -0.2) is 65.5 Å². The third kappa shape index (κ3) is 10.5. The van der Waals surface area contributed by atoms with Crippen LogP contribution < -0.4 is 16.4 Å². The van der Waals surface area contributed by atoms with Gasteiger partial charge in [-0.15, -0.1) is 0 Å². The van der Waals surface area contributed by atoms with Crippen molar-refractivity contribution < 1.29 is 33.4 Å². The Morgan fingerprint density at radius 2 is 1.68 bits per heavy atom. The molecule has 0 fully saturated rings. The maximum absolute atomic E-state index is 14.0. The molecule has 37 heavy (non-hydrogen) atoms. The average molecular weight is 521 g/mol. The number of carbonyl (C=O) groups excluding carboxylic acids is 5. The fraction of sp³-hybridized carbons (Fsp3) is 0.577. The molecule has 0 bridgehead atoms. The number of primary amides is 1. The molecular formula is C26H40N4O7. The van der Waals surface area contributed by atoms with Crippen LogP contribution in [0.3, 0.4) is 0 Å². The van der Waals surface area contributed by atoms with E-state index in [-0.39, 0.29) is 12.8 Å². The van der Waals surface area contributed by atoms with Gasteiger partial charge < -0.3 is 30.7 Å². The molecular weight excluding hydrogens is 480 g/mol. The highest BCUT2D eigenvalue weighted by molar-refractivity contribution is 5.94. The van der Waals surface area contributed by atoms with Crippen molar-refractivity contribution in [2.75, 3.05) is 13.7 Å². The highest BCUT2D eigenvalue weighted by atomic mass is 16.6. The van der Waals surface area contributed by atoms with E-state index in [0.717, 1.165) is 5.56 Å². The highest BCUT2D eigenvalue weighted by Gasteiger charge is 2.42. The second-order valence-corrected chi connectivity index (χ2v) is 10.7. The van der Waals surface area contributed by atoms with Gasteiger partial charge in [-0.3, -0.25) is 19.2 Å². The molecule has 11 nitrogen and oxygen atoms in total. The van der Waals surface area contributed by atoms with E-state index < -0.39 is 59.6 Å². The summed E-state index contributed by atoms with van der Waals surface area (Å²) in [6, 6.07) is 4.65. The molecule has 0 aliphatic heterocycles. The Kier molecular flexibility index (Phi) is 11.1. The number of amides is 4. The van der Waals surface area contributed by atoms with E-state index in [1.165, 1.54) is 12.0 Å². The summed E-state index contributed by atoms with van der Waals surface area (Å²) in [5.74, 6) is -2.56. The van der Waals surface area contributed by atoms with E-state index in [0.29, 0.717) is 5.56 Å². The maximum atomic E-state index is 14.0. The van der Waals surface area contributed by atoms with Gasteiger partial charge in [0.15, 0.2) is 0 Å². The van der Waals surface area contributed by atoms with Gasteiger partial charge in [-0.2, -0.15) is 0 Å². The number of nitrogens with one attached hydrogen (secondary N) is 2. The summed E-state index contributed by atoms with van der Waals surface area (Å²) in [7, 11) is 1.20. The summed E-state index contributed by atoms with van der Waals surface area (Å²) < 4.78 is 9.93. The van der Waals surface area contributed by atoms with Gasteiger partial charge in [-0.1, -0.05) is 29.8 Å². The van der Waals surface area contributed by atoms with Crippen LogP contribution in [0, 0.1) is 6.92 Å². The zero-order chi connectivity index (χ0) is 28.6. The number of rotatable bonds is 10. The van der Waals surface area contributed by atoms with Crippen LogP contribution >= 0.6 is 0 Å². The fourth-order valence-electron chi connectivity index (χ4n) is 3.59. The standard InChI is InChI=1S/C26H40N4O7/c1-16-10-9-11-17(14-16)21(22(33)28-15-20(32)36-8)30(25(2,3)4)23(34)18(12-13-19(27)31)29-24(35)37-26(5,6)7/h9-11,14,18,21H,12-13,15H2,1-8H3,(H2,27,31)(H,28,33)(H,29,35). The van der Waals surface area contributed by atoms with Gasteiger partial charge in [0, 0.05) is 12.0 Å². The molecule has 0 aliphatic carbocycles. The lowest BCUT2D eigenvalue weighted by Gasteiger charge is -2.43. The molecule has 0 aliphatic rings. The van der Waals surface area contributed by atoms with Crippen LogP contribution in [0.15, 0.2) is 24.3 Å². The van der Waals surface area contributed by atoms with Crippen LogP contribution in [0.25, 0.3) is 0 Å². The molecule has 0 aromatic heterocycles. The summed E-state index contributed by atoms with van der Waals surface area (Å²) >= 11 is 0. The van der Waals surface area contributed by atoms with E-state index in [1.54, 1.807) is 59.7 Å². The normalized spacial score (nSPS) is 13.1. The Morgan fingerprint density at radius 1 is 1.05 bits per heavy atom. The van der Waals surface area contributed by atoms with Crippen LogP contribution in [0.5, 0.6) is 0 Å². The van der Waals surface area contributed by atoms with Crippen LogP contribution in [0.1, 0.15) is 71.6 Å². The van der Waals surface area contributed by atoms with Gasteiger partial charge in [0.1, 0.15) is 24.2 Å². The van der Waals surface area contributed by atoms with Crippen molar-refractivity contribution in [1.82, 2.24) is 15.5 Å². The van der Waals surface area contributed by atoms with E-state index >= 15 is 0 Å². The predicted molar refractivity (Wildman–Crippen MR) is 137 cm³/mol. The number of ether oxygens (including phenoxy) is 2. The SMILES string of the molecule is COC(=O)CNC(=O)C(c1cccc(C)c1)N(C(=O)C(CCC(N)=O)NC(=O)OC(C)(C)C)C(C)(C)C. The van der Waals surface area contributed by atoms with Crippen molar-refractivity contribution in [3.8, 4) is 0 Å². The first-order valence-electron chi connectivity index (χ1n) is 12.0. The van der Waals surface area contributed by atoms with Crippen LogP contribution in [0.4, 0.5) is 4.79 Å². The lowest BCUT2D eigenvalue weighted by Crippen LogP contribution is -2.59. The number of nitrogens with zero attached hydrogens (tertiary/aromatic N) is 1. The molecule has 2 unspecified atom stereocenters. The minimum absolute atomic E-state index is 0.107. The lowest BCUT2D eigenvalue weighted by atomic mass is 9.94. The number of benzene rings is 1. The Hall–Kier alpha value is -3.63. The average Bonchev–Trinajstić information content (AvgIpc) is 2.75. The summed E-state index contributed by atoms with van der Waals surface area (Å²) in [4.78, 5) is 64.6. The zero-order valence-corrected chi connectivity index (χ0v) is 23.0. The van der Waals surface area contributed by atoms with Crippen molar-refractivity contribution in [2.45, 2.75) is 84.5 Å². The minimum atomic E-state index is -1.22. The first-order valence-corrected chi connectivity index (χ1v) is 12.0. The zero-order valence-electron chi connectivity index (χ0n) is 23.0. The number of esters is 1. The van der Waals surface area contributed by atoms with Gasteiger partial charge in [0.05, 0.1) is 7.11 Å². The minimum Gasteiger partial charge on any atom is -0.468 e. The Bertz CT molecular complexity index is 995. The molecule has 4 amide bonds. The van der Waals surface area contributed by atoms with Crippen molar-refractivity contribution in [2.24, 2.45) is 5.73 Å². The molecule has 206 valence electrons. The number of aryl methyl sites for hydroxylation is 1. The lowest BCUT2D eigenvalue weighted by molar-refractivity contribution is -0.149. The second kappa shape index (κ2) is 13.1. The van der Waals surface area contributed by atoms with Gasteiger partial charge in [0.25, 0.3) is 0 Å². The van der Waals surface area contributed by atoms with E-state index in [1.807, 2.05) is 13.0 Å². The molecule has 0 saturated carbocycles. The number of carbonyl (C=O) groups is 5. The Labute approximate surface area is 218 Å². The number of hydrogen-bond acceptors (Lipinski definition) is 7. The number of nitrogens with two attached hydrogens (primary N) is 1. The number of hydrogen-bond donors (Lipinski definition) is 3. The van der Waals surface area contributed by atoms with E-state index in [9.17, 15) is 24.0 Å². The third-order valence-electron chi connectivity index (χ3n) is 5.13. The van der Waals surface area contributed by atoms with E-state index in [2.05, 4.69) is 15.4 Å². The molecule has 2 atom stereocenters. The molecule has 11 heteroatoms. The monoisotopic (exact) mass is 520 g/mol. The molecule has 1 aromatic carbocycles. The molecule has 1 aromatic rings. The summed E-state index contributed by atoms with van der Waals surface area (Å²) in [6.07, 6.45) is -1.15. The summed E-state index contributed by atoms with van der Waals surface area (Å²) in [5, 5.41) is 5.06. The first kappa shape index (κ1) is 31.4. The molecule has 0 radical (unpaired) electrons. The molecule has 0 saturated heterocycles. The van der Waals surface area contributed by atoms with Crippen molar-refractivity contribution in [1.29, 1.82) is 0 Å². The predicted octanol–water partition coefficient (Wildman–Crippen LogP) is 2.11. The van der Waals surface area contributed by atoms with Gasteiger partial charge in [0.2, 0.25) is 17.7 Å². The van der Waals surface area contributed by atoms with Crippen molar-refractivity contribution >= 4 is 29.8 Å². The summed E-state index contributed by atoms with van der Waals surface area (Å²) in [6.45, 7) is 11.7. The quantitative estimate of drug-likeness (QED) is 0.399. The molecule has 0 heterocycles. The van der Waals surface area contributed by atoms with Crippen LogP contribution in [0.2, 0.25) is 0 Å². The molecule has 0 spiro atoms. The Morgan fingerprint density at radius 3 is 2.16 bits per heavy atom.